The van der Waals surface area contributed by atoms with Crippen molar-refractivity contribution in [3.05, 3.63) is 34.4 Å². The van der Waals surface area contributed by atoms with E-state index in [0.717, 1.165) is 4.34 Å². The van der Waals surface area contributed by atoms with Crippen molar-refractivity contribution in [1.29, 1.82) is 0 Å². The second-order valence-electron chi connectivity index (χ2n) is 6.35. The molecule has 0 radical (unpaired) electrons. The van der Waals surface area contributed by atoms with Crippen molar-refractivity contribution in [1.82, 2.24) is 24.6 Å². The van der Waals surface area contributed by atoms with Gasteiger partial charge in [-0.1, -0.05) is 23.1 Å². The summed E-state index contributed by atoms with van der Waals surface area (Å²) in [4.78, 5) is 13.3. The number of alkyl halides is 3. The van der Waals surface area contributed by atoms with Crippen LogP contribution >= 0.6 is 34.4 Å². The molecule has 5 aromatic rings. The summed E-state index contributed by atoms with van der Waals surface area (Å²) in [5.74, 6) is 0.996. The lowest BCUT2D eigenvalue weighted by Crippen LogP contribution is -2.05. The molecule has 0 N–H and O–H groups in total. The van der Waals surface area contributed by atoms with Crippen LogP contribution in [0.2, 0.25) is 0 Å². The molecule has 32 heavy (non-hydrogen) atoms. The first-order valence-electron chi connectivity index (χ1n) is 8.87. The minimum Gasteiger partial charge on any atom is -0.496 e. The summed E-state index contributed by atoms with van der Waals surface area (Å²) in [5, 5.41) is 4.78. The first-order valence-corrected chi connectivity index (χ1v) is 11.8. The first-order chi connectivity index (χ1) is 15.3. The summed E-state index contributed by atoms with van der Waals surface area (Å²) >= 11 is 3.49. The van der Waals surface area contributed by atoms with Gasteiger partial charge in [0.05, 0.1) is 19.0 Å². The van der Waals surface area contributed by atoms with E-state index >= 15 is 0 Å². The van der Waals surface area contributed by atoms with Crippen molar-refractivity contribution in [2.24, 2.45) is 0 Å². The number of ether oxygens (including phenoxy) is 2. The Morgan fingerprint density at radius 2 is 2.06 bits per heavy atom. The molecular weight excluding hydrogens is 487 g/mol. The van der Waals surface area contributed by atoms with Gasteiger partial charge in [0.25, 0.3) is 0 Å². The highest BCUT2D eigenvalue weighted by Crippen LogP contribution is 2.36. The maximum atomic E-state index is 12.8. The number of benzene rings is 1. The number of oxazole rings is 1. The molecule has 0 aliphatic heterocycles. The average molecular weight is 500 g/mol. The Bertz CT molecular complexity index is 1390. The van der Waals surface area contributed by atoms with Gasteiger partial charge >= 0.3 is 6.18 Å². The SMILES string of the molecule is COc1cc(OCc2csc(C(F)(F)F)n2)c2nc(-c3cn4nc(SC)sc4n3)oc2c1. The topological polar surface area (TPSA) is 87.6 Å². The molecule has 0 saturated carbocycles. The normalized spacial score (nSPS) is 12.2. The van der Waals surface area contributed by atoms with E-state index < -0.39 is 11.2 Å². The molecule has 0 aliphatic carbocycles. The van der Waals surface area contributed by atoms with Crippen molar-refractivity contribution in [2.75, 3.05) is 13.4 Å². The molecular formula is C18H12F3N5O3S3. The third-order valence-electron chi connectivity index (χ3n) is 4.26. The third-order valence-corrected chi connectivity index (χ3v) is 7.09. The summed E-state index contributed by atoms with van der Waals surface area (Å²) in [7, 11) is 1.48. The van der Waals surface area contributed by atoms with Gasteiger partial charge < -0.3 is 13.9 Å². The van der Waals surface area contributed by atoms with E-state index in [1.165, 1.54) is 35.6 Å². The lowest BCUT2D eigenvalue weighted by atomic mass is 10.3. The predicted octanol–water partition coefficient (Wildman–Crippen LogP) is 5.38. The summed E-state index contributed by atoms with van der Waals surface area (Å²) in [6, 6.07) is 3.23. The molecule has 4 aromatic heterocycles. The molecule has 0 atom stereocenters. The highest BCUT2D eigenvalue weighted by Gasteiger charge is 2.34. The number of halogens is 3. The molecule has 1 aromatic carbocycles. The lowest BCUT2D eigenvalue weighted by molar-refractivity contribution is -0.137. The molecule has 0 amide bonds. The number of hydrogen-bond acceptors (Lipinski definition) is 10. The van der Waals surface area contributed by atoms with Crippen LogP contribution in [0.1, 0.15) is 10.7 Å². The molecule has 166 valence electrons. The number of thioether (sulfide) groups is 1. The van der Waals surface area contributed by atoms with Crippen LogP contribution in [0.4, 0.5) is 13.2 Å². The Morgan fingerprint density at radius 1 is 1.22 bits per heavy atom. The highest BCUT2D eigenvalue weighted by molar-refractivity contribution is 8.00. The fraction of sp³-hybridized carbons (Fsp3) is 0.222. The van der Waals surface area contributed by atoms with Crippen molar-refractivity contribution in [2.45, 2.75) is 17.1 Å². The van der Waals surface area contributed by atoms with E-state index in [2.05, 4.69) is 20.1 Å². The standard InChI is InChI=1S/C18H12F3N5O3S3/c1-27-9-3-11(28-6-8-7-31-15(22-8)18(19,20)21)13-12(4-9)29-14(24-13)10-5-26-16(23-10)32-17(25-26)30-2/h3-5,7H,6H2,1-2H3. The van der Waals surface area contributed by atoms with E-state index in [4.69, 9.17) is 13.9 Å². The number of nitrogens with zero attached hydrogens (tertiary/aromatic N) is 5. The monoisotopic (exact) mass is 499 g/mol. The fourth-order valence-corrected chi connectivity index (χ4v) is 4.85. The Morgan fingerprint density at radius 3 is 2.75 bits per heavy atom. The predicted molar refractivity (Wildman–Crippen MR) is 114 cm³/mol. The number of imidazole rings is 1. The van der Waals surface area contributed by atoms with Crippen LogP contribution in [-0.2, 0) is 12.8 Å². The second kappa shape index (κ2) is 7.94. The third kappa shape index (κ3) is 3.89. The Hall–Kier alpha value is -2.84. The molecule has 0 bridgehead atoms. The van der Waals surface area contributed by atoms with Gasteiger partial charge in [-0.25, -0.2) is 19.5 Å². The smallest absolute Gasteiger partial charge is 0.443 e. The Kier molecular flexibility index (Phi) is 5.22. The van der Waals surface area contributed by atoms with Crippen molar-refractivity contribution < 1.29 is 27.1 Å². The Balaban J connectivity index is 1.47. The van der Waals surface area contributed by atoms with E-state index in [-0.39, 0.29) is 18.2 Å². The van der Waals surface area contributed by atoms with Gasteiger partial charge in [-0.15, -0.1) is 16.4 Å². The van der Waals surface area contributed by atoms with E-state index in [0.29, 0.717) is 44.6 Å². The zero-order valence-electron chi connectivity index (χ0n) is 16.3. The molecule has 0 spiro atoms. The summed E-state index contributed by atoms with van der Waals surface area (Å²) in [5.41, 5.74) is 1.43. The zero-order chi connectivity index (χ0) is 22.5. The van der Waals surface area contributed by atoms with Gasteiger partial charge in [0, 0.05) is 17.5 Å². The van der Waals surface area contributed by atoms with Crippen LogP contribution in [0.3, 0.4) is 0 Å². The van der Waals surface area contributed by atoms with Gasteiger partial charge in [0.15, 0.2) is 26.2 Å². The minimum atomic E-state index is -4.49. The van der Waals surface area contributed by atoms with Gasteiger partial charge in [0.1, 0.15) is 18.1 Å². The number of fused-ring (bicyclic) bond motifs is 2. The molecule has 4 heterocycles. The first kappa shape index (κ1) is 21.0. The lowest BCUT2D eigenvalue weighted by Gasteiger charge is -2.07. The number of rotatable bonds is 6. The van der Waals surface area contributed by atoms with Crippen LogP contribution < -0.4 is 9.47 Å². The summed E-state index contributed by atoms with van der Waals surface area (Å²) < 4.78 is 57.8. The number of aromatic nitrogens is 5. The second-order valence-corrected chi connectivity index (χ2v) is 9.21. The van der Waals surface area contributed by atoms with Gasteiger partial charge in [-0.3, -0.25) is 0 Å². The molecule has 0 aliphatic rings. The van der Waals surface area contributed by atoms with Crippen LogP contribution in [-0.4, -0.2) is 37.9 Å². The zero-order valence-corrected chi connectivity index (χ0v) is 18.8. The molecule has 0 fully saturated rings. The maximum absolute atomic E-state index is 12.8. The number of hydrogen-bond donors (Lipinski definition) is 0. The molecule has 14 heteroatoms. The quantitative estimate of drug-likeness (QED) is 0.288. The van der Waals surface area contributed by atoms with Crippen LogP contribution in [0.5, 0.6) is 11.5 Å². The van der Waals surface area contributed by atoms with Gasteiger partial charge in [-0.05, 0) is 6.26 Å². The molecule has 0 unspecified atom stereocenters. The summed E-state index contributed by atoms with van der Waals surface area (Å²) in [6.45, 7) is -0.168. The summed E-state index contributed by atoms with van der Waals surface area (Å²) in [6.07, 6.45) is -0.844. The van der Waals surface area contributed by atoms with Gasteiger partial charge in [0.2, 0.25) is 10.9 Å². The van der Waals surface area contributed by atoms with Crippen molar-refractivity contribution in [3.63, 3.8) is 0 Å². The number of thiazole rings is 1. The van der Waals surface area contributed by atoms with E-state index in [1.807, 2.05) is 6.26 Å². The van der Waals surface area contributed by atoms with Gasteiger partial charge in [-0.2, -0.15) is 13.2 Å². The van der Waals surface area contributed by atoms with Crippen molar-refractivity contribution >= 4 is 50.5 Å². The van der Waals surface area contributed by atoms with Crippen molar-refractivity contribution in [3.8, 4) is 23.1 Å². The molecule has 8 nitrogen and oxygen atoms in total. The fourth-order valence-electron chi connectivity index (χ4n) is 2.83. The van der Waals surface area contributed by atoms with Crippen LogP contribution in [0.25, 0.3) is 27.6 Å². The largest absolute Gasteiger partial charge is 0.496 e. The van der Waals surface area contributed by atoms with Crippen LogP contribution in [0, 0.1) is 0 Å². The highest BCUT2D eigenvalue weighted by atomic mass is 32.2. The number of methoxy groups -OCH3 is 1. The van der Waals surface area contributed by atoms with E-state index in [9.17, 15) is 13.2 Å². The van der Waals surface area contributed by atoms with E-state index in [1.54, 1.807) is 22.8 Å². The minimum absolute atomic E-state index is 0.159. The maximum Gasteiger partial charge on any atom is 0.443 e. The molecule has 0 saturated heterocycles. The molecule has 5 rings (SSSR count). The van der Waals surface area contributed by atoms with Crippen LogP contribution in [0.15, 0.2) is 32.5 Å². The Labute approximate surface area is 190 Å². The average Bonchev–Trinajstić information content (AvgIpc) is 3.52.